The van der Waals surface area contributed by atoms with Gasteiger partial charge < -0.3 is 15.5 Å². The average Bonchev–Trinajstić information content (AvgIpc) is 3.31. The molecule has 3 N–H and O–H groups in total. The summed E-state index contributed by atoms with van der Waals surface area (Å²) in [7, 11) is 0. The van der Waals surface area contributed by atoms with Crippen LogP contribution in [-0.2, 0) is 5.41 Å². The van der Waals surface area contributed by atoms with E-state index < -0.39 is 12.7 Å². The van der Waals surface area contributed by atoms with Crippen LogP contribution in [0.25, 0.3) is 22.5 Å². The summed E-state index contributed by atoms with van der Waals surface area (Å²) in [5.74, 6) is 0.280. The second-order valence-corrected chi connectivity index (χ2v) is 9.31. The third-order valence-electron chi connectivity index (χ3n) is 5.32. The van der Waals surface area contributed by atoms with Gasteiger partial charge in [0.05, 0.1) is 11.3 Å². The number of benzene rings is 1. The van der Waals surface area contributed by atoms with E-state index in [2.05, 4.69) is 33.1 Å². The van der Waals surface area contributed by atoms with Crippen LogP contribution in [0.5, 0.6) is 0 Å². The lowest BCUT2D eigenvalue weighted by Crippen LogP contribution is -2.22. The highest BCUT2D eigenvalue weighted by Crippen LogP contribution is 2.35. The number of aromatic nitrogens is 3. The predicted octanol–water partition coefficient (Wildman–Crippen LogP) is 8.43. The van der Waals surface area contributed by atoms with E-state index in [4.69, 9.17) is 10.2 Å². The number of nitrogens with zero attached hydrogens (tertiary/aromatic N) is 3. The fourth-order valence-electron chi connectivity index (χ4n) is 3.61. The van der Waals surface area contributed by atoms with Gasteiger partial charge in [0.25, 0.3) is 5.89 Å². The van der Waals surface area contributed by atoms with E-state index >= 15 is 0 Å². The zero-order valence-electron chi connectivity index (χ0n) is 23.1. The number of rotatable bonds is 3. The molecule has 1 aromatic carbocycles. The molecule has 212 valence electrons. The van der Waals surface area contributed by atoms with Gasteiger partial charge in [-0.25, -0.2) is 9.37 Å². The summed E-state index contributed by atoms with van der Waals surface area (Å²) in [4.78, 5) is 4.63. The highest BCUT2D eigenvalue weighted by atomic mass is 32.1. The number of halogens is 4. The molecule has 0 radical (unpaired) electrons. The molecular formula is C27H39F4N5OS. The minimum absolute atomic E-state index is 0.0627. The first-order valence-electron chi connectivity index (χ1n) is 12.5. The summed E-state index contributed by atoms with van der Waals surface area (Å²) in [6.45, 7) is 10.7. The summed E-state index contributed by atoms with van der Waals surface area (Å²) in [5, 5.41) is 10.7. The van der Waals surface area contributed by atoms with Gasteiger partial charge in [0, 0.05) is 11.1 Å². The van der Waals surface area contributed by atoms with Crippen LogP contribution in [0.1, 0.15) is 71.4 Å². The molecule has 0 unspecified atom stereocenters. The van der Waals surface area contributed by atoms with Crippen molar-refractivity contribution in [3.8, 4) is 11.6 Å². The fourth-order valence-corrected chi connectivity index (χ4v) is 3.61. The molecule has 0 atom stereocenters. The maximum absolute atomic E-state index is 12.6. The van der Waals surface area contributed by atoms with E-state index in [9.17, 15) is 17.6 Å². The highest BCUT2D eigenvalue weighted by Gasteiger charge is 2.27. The lowest BCUT2D eigenvalue weighted by Gasteiger charge is -2.23. The summed E-state index contributed by atoms with van der Waals surface area (Å²) < 4.78 is 55.1. The summed E-state index contributed by atoms with van der Waals surface area (Å²) in [6, 6.07) is 5.05. The number of anilines is 2. The first kappa shape index (κ1) is 33.2. The topological polar surface area (TPSA) is 89.9 Å². The minimum Gasteiger partial charge on any atom is -0.402 e. The molecule has 6 nitrogen and oxygen atoms in total. The van der Waals surface area contributed by atoms with Gasteiger partial charge in [-0.3, -0.25) is 0 Å². The van der Waals surface area contributed by atoms with Crippen molar-refractivity contribution in [1.29, 1.82) is 0 Å². The minimum atomic E-state index is -4.30. The Bertz CT molecular complexity index is 1190. The molecule has 2 heterocycles. The van der Waals surface area contributed by atoms with Crippen LogP contribution in [0.2, 0.25) is 0 Å². The third kappa shape index (κ3) is 10.2. The molecule has 1 aliphatic rings. The van der Waals surface area contributed by atoms with Gasteiger partial charge in [-0.05, 0) is 73.6 Å². The Hall–Kier alpha value is -2.82. The molecule has 2 aromatic heterocycles. The maximum Gasteiger partial charge on any atom is 0.405 e. The molecule has 0 aliphatic heterocycles. The van der Waals surface area contributed by atoms with E-state index in [1.807, 2.05) is 41.5 Å². The Labute approximate surface area is 227 Å². The Morgan fingerprint density at radius 3 is 2.16 bits per heavy atom. The molecule has 3 aromatic rings. The number of nitrogens with two attached hydrogens (primary N) is 1. The van der Waals surface area contributed by atoms with Crippen molar-refractivity contribution in [2.24, 2.45) is 0 Å². The van der Waals surface area contributed by atoms with Crippen molar-refractivity contribution >= 4 is 35.2 Å². The normalized spacial score (nSPS) is 13.2. The summed E-state index contributed by atoms with van der Waals surface area (Å²) in [5.41, 5.74) is 8.30. The second kappa shape index (κ2) is 14.9. The molecule has 0 fully saturated rings. The molecule has 0 bridgehead atoms. The van der Waals surface area contributed by atoms with E-state index in [0.29, 0.717) is 23.3 Å². The van der Waals surface area contributed by atoms with Crippen molar-refractivity contribution in [1.82, 2.24) is 15.2 Å². The SMILES string of the molecule is CC.CS.Cc1cc(-c2nnc(N)o2)nc2c(C(C)(C)C)cc(NCC(F)(F)F)cc12.FC1=CCCCC1. The number of pyridine rings is 1. The molecule has 0 saturated carbocycles. The zero-order valence-corrected chi connectivity index (χ0v) is 24.0. The summed E-state index contributed by atoms with van der Waals surface area (Å²) >= 11 is 3.53. The molecule has 0 amide bonds. The Morgan fingerprint density at radius 1 is 1.05 bits per heavy atom. The van der Waals surface area contributed by atoms with Gasteiger partial charge in [-0.2, -0.15) is 25.8 Å². The van der Waals surface area contributed by atoms with Crippen molar-refractivity contribution in [2.75, 3.05) is 23.9 Å². The number of aryl methyl sites for hydroxylation is 1. The first-order valence-corrected chi connectivity index (χ1v) is 13.4. The van der Waals surface area contributed by atoms with Gasteiger partial charge in [0.15, 0.2) is 0 Å². The Kier molecular flexibility index (Phi) is 13.1. The quantitative estimate of drug-likeness (QED) is 0.221. The number of nitrogens with one attached hydrogen (secondary N) is 1. The van der Waals surface area contributed by atoms with Gasteiger partial charge in [0.1, 0.15) is 12.2 Å². The Morgan fingerprint density at radius 2 is 1.71 bits per heavy atom. The zero-order chi connectivity index (χ0) is 29.1. The van der Waals surface area contributed by atoms with Crippen LogP contribution in [0.15, 0.2) is 34.5 Å². The number of hydrogen-bond donors (Lipinski definition) is 3. The largest absolute Gasteiger partial charge is 0.405 e. The summed E-state index contributed by atoms with van der Waals surface area (Å²) in [6.07, 6.45) is 2.93. The van der Waals surface area contributed by atoms with Crippen molar-refractivity contribution in [2.45, 2.75) is 78.8 Å². The number of fused-ring (bicyclic) bond motifs is 1. The standard InChI is InChI=1S/C18H20F3N5O.C6H9F.C2H6.CH4S/c1-9-5-13(15-25-26-16(22)27-15)24-14-11(9)6-10(23-8-18(19,20)21)7-12(14)17(2,3)4;7-6-4-2-1-3-5-6;2*1-2/h5-7,23H,8H2,1-4H3,(H2,22,26);4H,1-3,5H2;1-2H3;2H,1H3. The molecule has 38 heavy (non-hydrogen) atoms. The van der Waals surface area contributed by atoms with Crippen molar-refractivity contribution < 1.29 is 22.0 Å². The van der Waals surface area contributed by atoms with Crippen LogP contribution in [0.4, 0.5) is 29.3 Å². The van der Waals surface area contributed by atoms with Gasteiger partial charge >= 0.3 is 12.2 Å². The lowest BCUT2D eigenvalue weighted by atomic mass is 9.84. The van der Waals surface area contributed by atoms with E-state index in [1.165, 1.54) is 6.42 Å². The number of thiol groups is 1. The van der Waals surface area contributed by atoms with Crippen LogP contribution in [0.3, 0.4) is 0 Å². The monoisotopic (exact) mass is 557 g/mol. The molecule has 11 heteroatoms. The maximum atomic E-state index is 12.6. The van der Waals surface area contributed by atoms with Crippen molar-refractivity contribution in [3.05, 3.63) is 41.2 Å². The average molecular weight is 558 g/mol. The number of allylic oxidation sites excluding steroid dienone is 2. The van der Waals surface area contributed by atoms with Crippen molar-refractivity contribution in [3.63, 3.8) is 0 Å². The van der Waals surface area contributed by atoms with Gasteiger partial charge in [-0.15, -0.1) is 5.10 Å². The van der Waals surface area contributed by atoms with Gasteiger partial charge in [0.2, 0.25) is 0 Å². The number of nitrogen functional groups attached to an aromatic ring is 1. The van der Waals surface area contributed by atoms with E-state index in [0.717, 1.165) is 29.4 Å². The molecule has 1 aliphatic carbocycles. The Balaban J connectivity index is 0.000000554. The van der Waals surface area contributed by atoms with Crippen LogP contribution in [0, 0.1) is 6.92 Å². The second-order valence-electron chi connectivity index (χ2n) is 9.31. The van der Waals surface area contributed by atoms with Gasteiger partial charge in [-0.1, -0.05) is 45.8 Å². The lowest BCUT2D eigenvalue weighted by molar-refractivity contribution is -0.115. The number of alkyl halides is 3. The highest BCUT2D eigenvalue weighted by molar-refractivity contribution is 7.79. The molecule has 0 saturated heterocycles. The van der Waals surface area contributed by atoms with E-state index in [-0.39, 0.29) is 23.1 Å². The molecule has 4 rings (SSSR count). The molecule has 0 spiro atoms. The number of hydrogen-bond acceptors (Lipinski definition) is 7. The predicted molar refractivity (Wildman–Crippen MR) is 151 cm³/mol. The van der Waals surface area contributed by atoms with Crippen LogP contribution >= 0.6 is 12.6 Å². The third-order valence-corrected chi connectivity index (χ3v) is 5.32. The fraction of sp³-hybridized carbons (Fsp3) is 0.519. The molecular weight excluding hydrogens is 518 g/mol. The van der Waals surface area contributed by atoms with E-state index in [1.54, 1.807) is 30.5 Å². The smallest absolute Gasteiger partial charge is 0.402 e. The first-order chi connectivity index (χ1) is 17.8. The van der Waals surface area contributed by atoms with Crippen LogP contribution < -0.4 is 11.1 Å². The van der Waals surface area contributed by atoms with Crippen LogP contribution in [-0.4, -0.2) is 34.2 Å².